The third kappa shape index (κ3) is 3.03. The molecule has 0 aliphatic rings. The second-order valence-corrected chi connectivity index (χ2v) is 6.22. The molecule has 1 aromatic carbocycles. The molecule has 0 radical (unpaired) electrons. The molecule has 0 saturated carbocycles. The molecule has 3 rings (SSSR count). The van der Waals surface area contributed by atoms with Crippen molar-refractivity contribution in [3.05, 3.63) is 63.9 Å². The summed E-state index contributed by atoms with van der Waals surface area (Å²) in [5, 5.41) is 13.2. The minimum atomic E-state index is -0.392. The highest BCUT2D eigenvalue weighted by Crippen LogP contribution is 2.27. The zero-order chi connectivity index (χ0) is 17.1. The Kier molecular flexibility index (Phi) is 4.61. The second kappa shape index (κ2) is 6.84. The molecule has 0 spiro atoms. The first-order chi connectivity index (χ1) is 11.6. The van der Waals surface area contributed by atoms with Crippen molar-refractivity contribution in [2.45, 2.75) is 13.0 Å². The van der Waals surface area contributed by atoms with Crippen LogP contribution in [0.5, 0.6) is 5.75 Å². The summed E-state index contributed by atoms with van der Waals surface area (Å²) in [4.78, 5) is 13.3. The number of carbonyl (C=O) groups is 1. The Labute approximate surface area is 144 Å². The Morgan fingerprint density at radius 3 is 2.62 bits per heavy atom. The predicted molar refractivity (Wildman–Crippen MR) is 92.4 cm³/mol. The lowest BCUT2D eigenvalue weighted by atomic mass is 10.1. The summed E-state index contributed by atoms with van der Waals surface area (Å²) in [5.41, 5.74) is 0.942. The van der Waals surface area contributed by atoms with Gasteiger partial charge in [-0.15, -0.1) is 21.5 Å². The molecule has 0 aliphatic carbocycles. The van der Waals surface area contributed by atoms with Crippen LogP contribution in [0.15, 0.2) is 41.8 Å². The normalized spacial score (nSPS) is 12.0. The maximum atomic E-state index is 12.7. The largest absolute Gasteiger partial charge is 0.495 e. The summed E-state index contributed by atoms with van der Waals surface area (Å²) in [6, 6.07) is 11.1. The predicted octanol–water partition coefficient (Wildman–Crippen LogP) is 2.71. The van der Waals surface area contributed by atoms with Gasteiger partial charge in [-0.1, -0.05) is 30.3 Å². The molecule has 0 aliphatic heterocycles. The van der Waals surface area contributed by atoms with Crippen LogP contribution in [-0.4, -0.2) is 27.8 Å². The van der Waals surface area contributed by atoms with Gasteiger partial charge >= 0.3 is 0 Å². The maximum absolute atomic E-state index is 12.7. The SMILES string of the molecule is COc1ccsc1C(=O)NC(c1ccccc1)c1nnc(C)n1C. The van der Waals surface area contributed by atoms with Crippen molar-refractivity contribution >= 4 is 17.2 Å². The van der Waals surface area contributed by atoms with Crippen molar-refractivity contribution in [3.8, 4) is 5.75 Å². The number of hydrogen-bond acceptors (Lipinski definition) is 5. The van der Waals surface area contributed by atoms with Crippen LogP contribution in [0.4, 0.5) is 0 Å². The molecule has 0 bridgehead atoms. The van der Waals surface area contributed by atoms with Crippen molar-refractivity contribution in [1.29, 1.82) is 0 Å². The van der Waals surface area contributed by atoms with Gasteiger partial charge in [0, 0.05) is 7.05 Å². The van der Waals surface area contributed by atoms with E-state index in [0.29, 0.717) is 16.5 Å². The van der Waals surface area contributed by atoms with Gasteiger partial charge in [0.25, 0.3) is 5.91 Å². The van der Waals surface area contributed by atoms with Gasteiger partial charge in [-0.2, -0.15) is 0 Å². The Morgan fingerprint density at radius 1 is 1.25 bits per heavy atom. The molecule has 1 N–H and O–H groups in total. The summed E-state index contributed by atoms with van der Waals surface area (Å²) in [7, 11) is 3.44. The summed E-state index contributed by atoms with van der Waals surface area (Å²) in [6.45, 7) is 1.88. The number of ether oxygens (including phenoxy) is 1. The van der Waals surface area contributed by atoms with E-state index in [1.165, 1.54) is 11.3 Å². The molecule has 6 nitrogen and oxygen atoms in total. The Balaban J connectivity index is 1.97. The molecule has 2 aromatic heterocycles. The first-order valence-electron chi connectivity index (χ1n) is 7.45. The summed E-state index contributed by atoms with van der Waals surface area (Å²) in [6.07, 6.45) is 0. The smallest absolute Gasteiger partial charge is 0.266 e. The van der Waals surface area contributed by atoms with E-state index in [-0.39, 0.29) is 5.91 Å². The van der Waals surface area contributed by atoms with Crippen LogP contribution >= 0.6 is 11.3 Å². The molecule has 0 saturated heterocycles. The van der Waals surface area contributed by atoms with Gasteiger partial charge < -0.3 is 14.6 Å². The first kappa shape index (κ1) is 16.2. The molecule has 2 heterocycles. The molecule has 1 amide bonds. The van der Waals surface area contributed by atoms with Gasteiger partial charge in [-0.05, 0) is 23.9 Å². The molecule has 3 aromatic rings. The number of aryl methyl sites for hydroxylation is 1. The van der Waals surface area contributed by atoms with Gasteiger partial charge in [0.15, 0.2) is 5.82 Å². The Bertz CT molecular complexity index is 841. The van der Waals surface area contributed by atoms with E-state index in [4.69, 9.17) is 4.74 Å². The minimum Gasteiger partial charge on any atom is -0.495 e. The van der Waals surface area contributed by atoms with Crippen LogP contribution in [0.1, 0.15) is 32.9 Å². The first-order valence-corrected chi connectivity index (χ1v) is 8.33. The zero-order valence-corrected chi connectivity index (χ0v) is 14.5. The van der Waals surface area contributed by atoms with Crippen molar-refractivity contribution in [2.75, 3.05) is 7.11 Å². The van der Waals surface area contributed by atoms with Crippen molar-refractivity contribution < 1.29 is 9.53 Å². The van der Waals surface area contributed by atoms with Crippen molar-refractivity contribution in [2.24, 2.45) is 7.05 Å². The topological polar surface area (TPSA) is 69.0 Å². The Morgan fingerprint density at radius 2 is 2.00 bits per heavy atom. The van der Waals surface area contributed by atoms with E-state index in [1.807, 2.05) is 54.3 Å². The van der Waals surface area contributed by atoms with Gasteiger partial charge in [0.05, 0.1) is 7.11 Å². The monoisotopic (exact) mass is 342 g/mol. The van der Waals surface area contributed by atoms with Crippen LogP contribution in [0.2, 0.25) is 0 Å². The molecule has 24 heavy (non-hydrogen) atoms. The van der Waals surface area contributed by atoms with E-state index < -0.39 is 6.04 Å². The lowest BCUT2D eigenvalue weighted by Gasteiger charge is -2.18. The van der Waals surface area contributed by atoms with Crippen LogP contribution < -0.4 is 10.1 Å². The summed E-state index contributed by atoms with van der Waals surface area (Å²) in [5.74, 6) is 1.84. The number of carbonyl (C=O) groups excluding carboxylic acids is 1. The highest BCUT2D eigenvalue weighted by Gasteiger charge is 2.24. The fraction of sp³-hybridized carbons (Fsp3) is 0.235. The van der Waals surface area contributed by atoms with E-state index in [9.17, 15) is 4.79 Å². The van der Waals surface area contributed by atoms with Gasteiger partial charge in [0.2, 0.25) is 0 Å². The standard InChI is InChI=1S/C17H18N4O2S/c1-11-19-20-16(21(11)2)14(12-7-5-4-6-8-12)18-17(22)15-13(23-3)9-10-24-15/h4-10,14H,1-3H3,(H,18,22). The molecule has 124 valence electrons. The van der Waals surface area contributed by atoms with Crippen LogP contribution in [-0.2, 0) is 7.05 Å². The van der Waals surface area contributed by atoms with Gasteiger partial charge in [0.1, 0.15) is 22.5 Å². The van der Waals surface area contributed by atoms with Crippen LogP contribution in [0.25, 0.3) is 0 Å². The summed E-state index contributed by atoms with van der Waals surface area (Å²) < 4.78 is 7.12. The third-order valence-electron chi connectivity index (χ3n) is 3.85. The van der Waals surface area contributed by atoms with Gasteiger partial charge in [-0.3, -0.25) is 4.79 Å². The number of hydrogen-bond donors (Lipinski definition) is 1. The van der Waals surface area contributed by atoms with Crippen LogP contribution in [0, 0.1) is 6.92 Å². The van der Waals surface area contributed by atoms with Crippen LogP contribution in [0.3, 0.4) is 0 Å². The average molecular weight is 342 g/mol. The van der Waals surface area contributed by atoms with E-state index in [0.717, 1.165) is 11.4 Å². The highest BCUT2D eigenvalue weighted by atomic mass is 32.1. The van der Waals surface area contributed by atoms with Gasteiger partial charge in [-0.25, -0.2) is 0 Å². The lowest BCUT2D eigenvalue weighted by Crippen LogP contribution is -2.31. The molecular weight excluding hydrogens is 324 g/mol. The molecule has 7 heteroatoms. The van der Waals surface area contributed by atoms with E-state index >= 15 is 0 Å². The maximum Gasteiger partial charge on any atom is 0.266 e. The summed E-state index contributed by atoms with van der Waals surface area (Å²) >= 11 is 1.34. The van der Waals surface area contributed by atoms with Crippen molar-refractivity contribution in [1.82, 2.24) is 20.1 Å². The van der Waals surface area contributed by atoms with E-state index in [1.54, 1.807) is 13.2 Å². The molecule has 0 fully saturated rings. The molecule has 1 unspecified atom stereocenters. The van der Waals surface area contributed by atoms with Crippen molar-refractivity contribution in [3.63, 3.8) is 0 Å². The number of amides is 1. The molecule has 1 atom stereocenters. The number of methoxy groups -OCH3 is 1. The number of rotatable bonds is 5. The fourth-order valence-corrected chi connectivity index (χ4v) is 3.20. The Hall–Kier alpha value is -2.67. The average Bonchev–Trinajstić information content (AvgIpc) is 3.21. The quantitative estimate of drug-likeness (QED) is 0.774. The number of aromatic nitrogens is 3. The number of benzene rings is 1. The minimum absolute atomic E-state index is 0.198. The van der Waals surface area contributed by atoms with E-state index in [2.05, 4.69) is 15.5 Å². The second-order valence-electron chi connectivity index (χ2n) is 5.30. The number of nitrogens with one attached hydrogen (secondary N) is 1. The number of thiophene rings is 1. The highest BCUT2D eigenvalue weighted by molar-refractivity contribution is 7.12. The number of nitrogens with zero attached hydrogens (tertiary/aromatic N) is 3. The zero-order valence-electron chi connectivity index (χ0n) is 13.7. The third-order valence-corrected chi connectivity index (χ3v) is 4.74. The fourth-order valence-electron chi connectivity index (χ4n) is 2.44. The lowest BCUT2D eigenvalue weighted by molar-refractivity contribution is 0.0942. The molecular formula is C17H18N4O2S.